The molecular formula is C11H20N4. The molecule has 1 fully saturated rings. The highest BCUT2D eigenvalue weighted by molar-refractivity contribution is 5.29. The molecule has 1 atom stereocenters. The molecule has 4 heteroatoms. The van der Waals surface area contributed by atoms with E-state index in [9.17, 15) is 0 Å². The minimum Gasteiger partial charge on any atom is -0.330 e. The third-order valence-electron chi connectivity index (χ3n) is 3.33. The Labute approximate surface area is 90.8 Å². The van der Waals surface area contributed by atoms with E-state index in [0.29, 0.717) is 18.5 Å². The first-order valence-electron chi connectivity index (χ1n) is 5.61. The first-order valence-corrected chi connectivity index (χ1v) is 5.61. The first kappa shape index (κ1) is 10.6. The van der Waals surface area contributed by atoms with Gasteiger partial charge in [-0.1, -0.05) is 6.92 Å². The topological polar surface area (TPSA) is 55.9 Å². The highest BCUT2D eigenvalue weighted by Crippen LogP contribution is 2.25. The number of rotatable bonds is 3. The van der Waals surface area contributed by atoms with Crippen LogP contribution >= 0.6 is 0 Å². The Bertz CT molecular complexity index is 352. The molecule has 1 aliphatic rings. The Morgan fingerprint density at radius 1 is 1.53 bits per heavy atom. The normalized spacial score (nSPS) is 18.9. The molecule has 84 valence electrons. The van der Waals surface area contributed by atoms with E-state index in [0.717, 1.165) is 18.8 Å². The maximum absolute atomic E-state index is 5.72. The number of hydrogen-bond donors (Lipinski definition) is 2. The van der Waals surface area contributed by atoms with Crippen LogP contribution in [0.25, 0.3) is 0 Å². The van der Waals surface area contributed by atoms with Crippen LogP contribution in [0.3, 0.4) is 0 Å². The van der Waals surface area contributed by atoms with Crippen molar-refractivity contribution in [2.24, 2.45) is 5.73 Å². The van der Waals surface area contributed by atoms with Gasteiger partial charge in [-0.25, -0.2) is 0 Å². The molecule has 15 heavy (non-hydrogen) atoms. The molecule has 1 saturated heterocycles. The molecule has 3 N–H and O–H groups in total. The monoisotopic (exact) mass is 208 g/mol. The second kappa shape index (κ2) is 3.94. The maximum atomic E-state index is 5.72. The summed E-state index contributed by atoms with van der Waals surface area (Å²) in [5, 5.41) is 7.90. The number of nitrogens with one attached hydrogen (secondary N) is 1. The van der Waals surface area contributed by atoms with Crippen molar-refractivity contribution in [1.82, 2.24) is 15.1 Å². The summed E-state index contributed by atoms with van der Waals surface area (Å²) in [6.45, 7) is 9.17. The molecule has 0 spiro atoms. The van der Waals surface area contributed by atoms with Crippen LogP contribution in [0.15, 0.2) is 0 Å². The summed E-state index contributed by atoms with van der Waals surface area (Å²) < 4.78 is 2.16. The zero-order valence-corrected chi connectivity index (χ0v) is 9.75. The van der Waals surface area contributed by atoms with Crippen LogP contribution < -0.4 is 11.1 Å². The van der Waals surface area contributed by atoms with Crippen LogP contribution in [-0.4, -0.2) is 29.4 Å². The minimum atomic E-state index is 0.409. The molecule has 0 aromatic carbocycles. The second-order valence-corrected chi connectivity index (χ2v) is 4.48. The maximum Gasteiger partial charge on any atom is 0.0770 e. The Balaban J connectivity index is 2.34. The van der Waals surface area contributed by atoms with Crippen molar-refractivity contribution in [2.45, 2.75) is 32.7 Å². The molecule has 2 heterocycles. The quantitative estimate of drug-likeness (QED) is 0.769. The number of aryl methyl sites for hydroxylation is 1. The molecule has 0 saturated carbocycles. The third-order valence-corrected chi connectivity index (χ3v) is 3.33. The Kier molecular flexibility index (Phi) is 2.80. The number of nitrogens with zero attached hydrogens (tertiary/aromatic N) is 2. The van der Waals surface area contributed by atoms with Crippen molar-refractivity contribution in [2.75, 3.05) is 19.6 Å². The Hall–Kier alpha value is -0.870. The van der Waals surface area contributed by atoms with Gasteiger partial charge in [-0.2, -0.15) is 5.10 Å². The minimum absolute atomic E-state index is 0.409. The van der Waals surface area contributed by atoms with Crippen molar-refractivity contribution < 1.29 is 0 Å². The largest absolute Gasteiger partial charge is 0.330 e. The van der Waals surface area contributed by atoms with Gasteiger partial charge in [0.2, 0.25) is 0 Å². The lowest BCUT2D eigenvalue weighted by Gasteiger charge is -2.28. The molecule has 0 amide bonds. The summed E-state index contributed by atoms with van der Waals surface area (Å²) >= 11 is 0. The molecule has 0 bridgehead atoms. The van der Waals surface area contributed by atoms with E-state index >= 15 is 0 Å². The summed E-state index contributed by atoms with van der Waals surface area (Å²) in [4.78, 5) is 0. The summed E-state index contributed by atoms with van der Waals surface area (Å²) in [5.74, 6) is 0.409. The van der Waals surface area contributed by atoms with Gasteiger partial charge in [0.15, 0.2) is 0 Å². The van der Waals surface area contributed by atoms with Crippen LogP contribution in [0.5, 0.6) is 0 Å². The lowest BCUT2D eigenvalue weighted by Crippen LogP contribution is -2.44. The average Bonchev–Trinajstić information content (AvgIpc) is 2.39. The zero-order chi connectivity index (χ0) is 11.0. The van der Waals surface area contributed by atoms with Gasteiger partial charge < -0.3 is 11.1 Å². The van der Waals surface area contributed by atoms with E-state index in [1.165, 1.54) is 11.3 Å². The van der Waals surface area contributed by atoms with Crippen LogP contribution in [0.1, 0.15) is 35.8 Å². The van der Waals surface area contributed by atoms with Crippen molar-refractivity contribution in [1.29, 1.82) is 0 Å². The van der Waals surface area contributed by atoms with Crippen LogP contribution in [0.2, 0.25) is 0 Å². The van der Waals surface area contributed by atoms with Gasteiger partial charge in [0, 0.05) is 24.3 Å². The summed E-state index contributed by atoms with van der Waals surface area (Å²) in [5.41, 5.74) is 9.49. The van der Waals surface area contributed by atoms with Gasteiger partial charge in [0.05, 0.1) is 11.7 Å². The molecule has 1 aromatic rings. The average molecular weight is 208 g/mol. The van der Waals surface area contributed by atoms with E-state index in [-0.39, 0.29) is 0 Å². The molecule has 2 rings (SSSR count). The molecular weight excluding hydrogens is 188 g/mol. The van der Waals surface area contributed by atoms with Gasteiger partial charge in [-0.05, 0) is 26.3 Å². The Morgan fingerprint density at radius 2 is 2.20 bits per heavy atom. The molecule has 0 radical (unpaired) electrons. The zero-order valence-electron chi connectivity index (χ0n) is 9.75. The van der Waals surface area contributed by atoms with Gasteiger partial charge in [0.1, 0.15) is 0 Å². The summed E-state index contributed by atoms with van der Waals surface area (Å²) in [6, 6.07) is 0.544. The van der Waals surface area contributed by atoms with Gasteiger partial charge >= 0.3 is 0 Å². The number of aromatic nitrogens is 2. The second-order valence-electron chi connectivity index (χ2n) is 4.48. The highest BCUT2D eigenvalue weighted by atomic mass is 15.3. The van der Waals surface area contributed by atoms with Crippen molar-refractivity contribution in [3.63, 3.8) is 0 Å². The van der Waals surface area contributed by atoms with Crippen molar-refractivity contribution in [3.8, 4) is 0 Å². The fourth-order valence-corrected chi connectivity index (χ4v) is 2.31. The molecule has 4 nitrogen and oxygen atoms in total. The van der Waals surface area contributed by atoms with Crippen LogP contribution in [0.4, 0.5) is 0 Å². The van der Waals surface area contributed by atoms with Gasteiger partial charge in [0.25, 0.3) is 0 Å². The third kappa shape index (κ3) is 1.68. The van der Waals surface area contributed by atoms with E-state index in [2.05, 4.69) is 35.9 Å². The Morgan fingerprint density at radius 3 is 2.67 bits per heavy atom. The summed E-state index contributed by atoms with van der Waals surface area (Å²) in [7, 11) is 0. The fraction of sp³-hybridized carbons (Fsp3) is 0.727. The lowest BCUT2D eigenvalue weighted by molar-refractivity contribution is 0.312. The number of hydrogen-bond acceptors (Lipinski definition) is 3. The van der Waals surface area contributed by atoms with Crippen LogP contribution in [0, 0.1) is 13.8 Å². The van der Waals surface area contributed by atoms with Crippen molar-refractivity contribution in [3.05, 3.63) is 17.0 Å². The van der Waals surface area contributed by atoms with Gasteiger partial charge in [-0.15, -0.1) is 0 Å². The van der Waals surface area contributed by atoms with Crippen LogP contribution in [-0.2, 0) is 0 Å². The highest BCUT2D eigenvalue weighted by Gasteiger charge is 2.24. The lowest BCUT2D eigenvalue weighted by atomic mass is 9.99. The fourth-order valence-electron chi connectivity index (χ4n) is 2.31. The van der Waals surface area contributed by atoms with Gasteiger partial charge in [-0.3, -0.25) is 4.68 Å². The van der Waals surface area contributed by atoms with E-state index in [4.69, 9.17) is 5.73 Å². The molecule has 1 aliphatic heterocycles. The van der Waals surface area contributed by atoms with Crippen molar-refractivity contribution >= 4 is 0 Å². The smallest absolute Gasteiger partial charge is 0.0770 e. The SMILES string of the molecule is Cc1nn(C2CNC2)c(C)c1C(C)CN. The standard InChI is InChI=1S/C11H20N4/c1-7(4-12)11-8(2)14-15(9(11)3)10-5-13-6-10/h7,10,13H,4-6,12H2,1-3H3. The van der Waals surface area contributed by atoms with E-state index in [1.807, 2.05) is 0 Å². The van der Waals surface area contributed by atoms with E-state index < -0.39 is 0 Å². The van der Waals surface area contributed by atoms with E-state index in [1.54, 1.807) is 0 Å². The first-order chi connectivity index (χ1) is 7.15. The molecule has 1 unspecified atom stereocenters. The summed E-state index contributed by atoms with van der Waals surface area (Å²) in [6.07, 6.45) is 0. The molecule has 1 aromatic heterocycles. The number of nitrogens with two attached hydrogens (primary N) is 1. The molecule has 0 aliphatic carbocycles. The predicted molar refractivity (Wildman–Crippen MR) is 61.1 cm³/mol. The predicted octanol–water partition coefficient (Wildman–Crippen LogP) is 0.706.